The lowest BCUT2D eigenvalue weighted by atomic mass is 9.98. The zero-order valence-electron chi connectivity index (χ0n) is 15.1. The maximum atomic E-state index is 8.95. The van der Waals surface area contributed by atoms with E-state index in [1.165, 1.54) is 34.0 Å². The van der Waals surface area contributed by atoms with Crippen LogP contribution in [0.1, 0.15) is 18.5 Å². The van der Waals surface area contributed by atoms with E-state index in [2.05, 4.69) is 35.0 Å². The van der Waals surface area contributed by atoms with Gasteiger partial charge in [0.05, 0.1) is 24.7 Å². The van der Waals surface area contributed by atoms with Gasteiger partial charge in [0, 0.05) is 31.3 Å². The Morgan fingerprint density at radius 1 is 1.04 bits per heavy atom. The minimum absolute atomic E-state index is 0.153. The third-order valence-corrected chi connectivity index (χ3v) is 5.01. The topological polar surface area (TPSA) is 42.6 Å². The number of methoxy groups -OCH3 is 1. The number of hydrogen-bond acceptors (Lipinski definition) is 3. The number of hydrogen-bond donors (Lipinski definition) is 1. The number of rotatable bonds is 6. The summed E-state index contributed by atoms with van der Waals surface area (Å²) in [4.78, 5) is 0. The Labute approximate surface area is 153 Å². The van der Waals surface area contributed by atoms with E-state index in [0.717, 1.165) is 24.5 Å². The molecule has 0 radical (unpaired) electrons. The second kappa shape index (κ2) is 7.34. The molecule has 1 aromatic heterocycles. The molecule has 4 rings (SSSR count). The van der Waals surface area contributed by atoms with E-state index in [1.54, 1.807) is 7.11 Å². The summed E-state index contributed by atoms with van der Waals surface area (Å²) in [6, 6.07) is 14.6. The van der Waals surface area contributed by atoms with Crippen molar-refractivity contribution >= 4 is 10.8 Å². The Morgan fingerprint density at radius 3 is 2.62 bits per heavy atom. The molecule has 0 bridgehead atoms. The molecule has 0 fully saturated rings. The summed E-state index contributed by atoms with van der Waals surface area (Å²) in [7, 11) is 1.69. The van der Waals surface area contributed by atoms with Crippen LogP contribution in [0.15, 0.2) is 48.7 Å². The van der Waals surface area contributed by atoms with Gasteiger partial charge in [-0.25, -0.2) is 4.57 Å². The SMILES string of the molecule is COc1ccc(-c2c[n+]3c(c4cc(OCCCO)ccc24)CCC3)cc1. The molecule has 4 nitrogen and oxygen atoms in total. The summed E-state index contributed by atoms with van der Waals surface area (Å²) < 4.78 is 13.5. The first-order valence-electron chi connectivity index (χ1n) is 9.17. The molecule has 1 N–H and O–H groups in total. The smallest absolute Gasteiger partial charge is 0.189 e. The van der Waals surface area contributed by atoms with Gasteiger partial charge in [-0.3, -0.25) is 0 Å². The molecule has 0 unspecified atom stereocenters. The van der Waals surface area contributed by atoms with Crippen molar-refractivity contribution in [1.29, 1.82) is 0 Å². The Balaban J connectivity index is 1.81. The third-order valence-electron chi connectivity index (χ3n) is 5.01. The molecule has 0 amide bonds. The highest BCUT2D eigenvalue weighted by Crippen LogP contribution is 2.33. The number of benzene rings is 2. The quantitative estimate of drug-likeness (QED) is 0.546. The van der Waals surface area contributed by atoms with Gasteiger partial charge in [-0.05, 0) is 35.9 Å². The van der Waals surface area contributed by atoms with Gasteiger partial charge in [0.25, 0.3) is 0 Å². The highest BCUT2D eigenvalue weighted by Gasteiger charge is 2.25. The summed E-state index contributed by atoms with van der Waals surface area (Å²) >= 11 is 0. The number of pyridine rings is 1. The molecule has 3 aromatic rings. The van der Waals surface area contributed by atoms with Crippen LogP contribution < -0.4 is 14.0 Å². The molecule has 4 heteroatoms. The molecule has 134 valence electrons. The van der Waals surface area contributed by atoms with Crippen LogP contribution in [0.4, 0.5) is 0 Å². The van der Waals surface area contributed by atoms with Crippen molar-refractivity contribution in [1.82, 2.24) is 0 Å². The molecule has 1 aliphatic heterocycles. The first kappa shape index (κ1) is 16.9. The maximum absolute atomic E-state index is 8.95. The van der Waals surface area contributed by atoms with E-state index >= 15 is 0 Å². The third kappa shape index (κ3) is 3.13. The molecule has 0 aliphatic carbocycles. The fraction of sp³-hybridized carbons (Fsp3) is 0.318. The molecule has 26 heavy (non-hydrogen) atoms. The molecule has 2 aromatic carbocycles. The van der Waals surface area contributed by atoms with Crippen molar-refractivity contribution in [2.24, 2.45) is 0 Å². The summed E-state index contributed by atoms with van der Waals surface area (Å²) in [5, 5.41) is 11.5. The molecule has 2 heterocycles. The number of nitrogens with zero attached hydrogens (tertiary/aromatic N) is 1. The van der Waals surface area contributed by atoms with Crippen LogP contribution in [0, 0.1) is 0 Å². The average Bonchev–Trinajstić information content (AvgIpc) is 3.16. The van der Waals surface area contributed by atoms with Crippen LogP contribution in [0.3, 0.4) is 0 Å². The molecular formula is C22H24NO3+. The summed E-state index contributed by atoms with van der Waals surface area (Å²) in [5.74, 6) is 1.74. The summed E-state index contributed by atoms with van der Waals surface area (Å²) in [6.07, 6.45) is 5.20. The first-order valence-corrected chi connectivity index (χ1v) is 9.17. The Bertz CT molecular complexity index is 919. The predicted molar refractivity (Wildman–Crippen MR) is 102 cm³/mol. The second-order valence-electron chi connectivity index (χ2n) is 6.65. The van der Waals surface area contributed by atoms with E-state index in [1.807, 2.05) is 18.2 Å². The van der Waals surface area contributed by atoms with Crippen LogP contribution in [0.25, 0.3) is 21.9 Å². The van der Waals surface area contributed by atoms with Gasteiger partial charge in [0.1, 0.15) is 18.0 Å². The summed E-state index contributed by atoms with van der Waals surface area (Å²) in [6.45, 7) is 1.75. The predicted octanol–water partition coefficient (Wildman–Crippen LogP) is 3.51. The fourth-order valence-corrected chi connectivity index (χ4v) is 3.69. The number of aliphatic hydroxyl groups excluding tert-OH is 1. The Hall–Kier alpha value is -2.59. The van der Waals surface area contributed by atoms with E-state index in [4.69, 9.17) is 14.6 Å². The Morgan fingerprint density at radius 2 is 1.85 bits per heavy atom. The minimum Gasteiger partial charge on any atom is -0.497 e. The number of aliphatic hydroxyl groups is 1. The molecule has 0 spiro atoms. The van der Waals surface area contributed by atoms with Crippen molar-refractivity contribution in [2.45, 2.75) is 25.8 Å². The fourth-order valence-electron chi connectivity index (χ4n) is 3.69. The second-order valence-corrected chi connectivity index (χ2v) is 6.65. The Kier molecular flexibility index (Phi) is 4.76. The molecule has 0 saturated heterocycles. The standard InChI is InChI=1S/C22H24NO3/c1-25-17-7-5-16(6-8-17)21-15-23-11-2-4-22(23)20-14-18(9-10-19(20)21)26-13-3-12-24/h5-10,14-15,24H,2-4,11-13H2,1H3/q+1. The normalized spacial score (nSPS) is 13.0. The van der Waals surface area contributed by atoms with Crippen molar-refractivity contribution in [3.05, 3.63) is 54.4 Å². The number of fused-ring (bicyclic) bond motifs is 3. The largest absolute Gasteiger partial charge is 0.497 e. The van der Waals surface area contributed by atoms with Gasteiger partial charge in [0.2, 0.25) is 0 Å². The molecule has 1 aliphatic rings. The number of aryl methyl sites for hydroxylation is 2. The number of ether oxygens (including phenoxy) is 2. The van der Waals surface area contributed by atoms with Crippen molar-refractivity contribution in [2.75, 3.05) is 20.3 Å². The lowest BCUT2D eigenvalue weighted by molar-refractivity contribution is -0.688. The van der Waals surface area contributed by atoms with Crippen LogP contribution in [-0.4, -0.2) is 25.4 Å². The van der Waals surface area contributed by atoms with Gasteiger partial charge < -0.3 is 14.6 Å². The number of aromatic nitrogens is 1. The highest BCUT2D eigenvalue weighted by molar-refractivity contribution is 5.97. The lowest BCUT2D eigenvalue weighted by Gasteiger charge is -2.11. The van der Waals surface area contributed by atoms with Gasteiger partial charge in [-0.15, -0.1) is 0 Å². The van der Waals surface area contributed by atoms with Crippen LogP contribution in [0.2, 0.25) is 0 Å². The monoisotopic (exact) mass is 350 g/mol. The first-order chi connectivity index (χ1) is 12.8. The van der Waals surface area contributed by atoms with Crippen molar-refractivity contribution in [3.8, 4) is 22.6 Å². The maximum Gasteiger partial charge on any atom is 0.189 e. The zero-order chi connectivity index (χ0) is 17.9. The van der Waals surface area contributed by atoms with Crippen LogP contribution in [0.5, 0.6) is 11.5 Å². The lowest BCUT2D eigenvalue weighted by Crippen LogP contribution is -2.33. The van der Waals surface area contributed by atoms with Crippen molar-refractivity contribution in [3.63, 3.8) is 0 Å². The van der Waals surface area contributed by atoms with E-state index in [9.17, 15) is 0 Å². The molecule has 0 atom stereocenters. The molecular weight excluding hydrogens is 326 g/mol. The average molecular weight is 350 g/mol. The van der Waals surface area contributed by atoms with Crippen LogP contribution in [-0.2, 0) is 13.0 Å². The van der Waals surface area contributed by atoms with E-state index in [-0.39, 0.29) is 6.61 Å². The van der Waals surface area contributed by atoms with Gasteiger partial charge >= 0.3 is 0 Å². The van der Waals surface area contributed by atoms with Gasteiger partial charge in [-0.1, -0.05) is 12.1 Å². The van der Waals surface area contributed by atoms with E-state index < -0.39 is 0 Å². The minimum atomic E-state index is 0.153. The van der Waals surface area contributed by atoms with E-state index in [0.29, 0.717) is 13.0 Å². The zero-order valence-corrected chi connectivity index (χ0v) is 15.1. The highest BCUT2D eigenvalue weighted by atomic mass is 16.5. The van der Waals surface area contributed by atoms with Gasteiger partial charge in [0.15, 0.2) is 11.9 Å². The van der Waals surface area contributed by atoms with Crippen molar-refractivity contribution < 1.29 is 19.1 Å². The van der Waals surface area contributed by atoms with Gasteiger partial charge in [-0.2, -0.15) is 0 Å². The molecule has 0 saturated carbocycles. The summed E-state index contributed by atoms with van der Waals surface area (Å²) in [5.41, 5.74) is 3.80. The van der Waals surface area contributed by atoms with Crippen LogP contribution >= 0.6 is 0 Å².